The van der Waals surface area contributed by atoms with Crippen molar-refractivity contribution >= 4 is 17.2 Å². The number of ketones is 1. The molecule has 47 heavy (non-hydrogen) atoms. The lowest BCUT2D eigenvalue weighted by molar-refractivity contribution is -0.110. The van der Waals surface area contributed by atoms with Crippen molar-refractivity contribution in [3.8, 4) is 0 Å². The number of methoxy groups -OCH3 is 4. The predicted molar refractivity (Wildman–Crippen MR) is 194 cm³/mol. The average Bonchev–Trinajstić information content (AvgIpc) is 3.28. The summed E-state index contributed by atoms with van der Waals surface area (Å²) in [6.07, 6.45) is 19.9. The second-order valence-corrected chi connectivity index (χ2v) is 11.8. The smallest absolute Gasteiger partial charge is 0.178 e. The third kappa shape index (κ3) is 10.5. The summed E-state index contributed by atoms with van der Waals surface area (Å²) >= 11 is 0. The Bertz CT molecular complexity index is 1470. The van der Waals surface area contributed by atoms with E-state index in [1.54, 1.807) is 40.6 Å². The highest BCUT2D eigenvalue weighted by Gasteiger charge is 2.39. The molecular formula is C40H52N2O5. The number of carbonyl (C=O) groups is 1. The molecule has 0 unspecified atom stereocenters. The predicted octanol–water partition coefficient (Wildman–Crippen LogP) is 8.20. The van der Waals surface area contributed by atoms with Crippen LogP contribution in [-0.4, -0.2) is 59.9 Å². The second kappa shape index (κ2) is 19.0. The van der Waals surface area contributed by atoms with Gasteiger partial charge in [0, 0.05) is 69.7 Å². The molecule has 0 fully saturated rings. The number of ether oxygens (including phenoxy) is 4. The molecular weight excluding hydrogens is 588 g/mol. The zero-order valence-corrected chi connectivity index (χ0v) is 29.3. The van der Waals surface area contributed by atoms with Crippen LogP contribution in [0.5, 0.6) is 0 Å². The first-order valence-corrected chi connectivity index (χ1v) is 16.1. The third-order valence-corrected chi connectivity index (χ3v) is 8.30. The van der Waals surface area contributed by atoms with Gasteiger partial charge in [0.15, 0.2) is 18.4 Å². The summed E-state index contributed by atoms with van der Waals surface area (Å²) in [7, 11) is 6.50. The molecule has 2 aromatic rings. The van der Waals surface area contributed by atoms with Crippen LogP contribution in [0, 0.1) is 6.92 Å². The maximum absolute atomic E-state index is 12.9. The quantitative estimate of drug-likeness (QED) is 0.0705. The molecule has 1 aliphatic heterocycles. The van der Waals surface area contributed by atoms with Gasteiger partial charge in [-0.15, -0.1) is 0 Å². The SMILES string of the molecule is COC(/C=C/CCN(/C(C)=C\C=C\C(=O)/C=C/C=C1/N(CC/C=C/C(OC)OC)c2ccccc2C1(C)C)c1ccccc1C)OC. The van der Waals surface area contributed by atoms with E-state index in [1.165, 1.54) is 16.8 Å². The van der Waals surface area contributed by atoms with E-state index in [2.05, 4.69) is 92.1 Å². The largest absolute Gasteiger partial charge is 0.352 e. The normalized spacial score (nSPS) is 15.9. The maximum atomic E-state index is 12.9. The van der Waals surface area contributed by atoms with E-state index in [1.807, 2.05) is 42.5 Å². The van der Waals surface area contributed by atoms with E-state index in [9.17, 15) is 4.79 Å². The standard InChI is InChI=1S/C40H52N2O5/c1-31-19-9-11-24-35(31)41(29-15-13-27-38(44-5)45-6)32(2)20-17-21-33(43)22-18-26-37-40(3,4)34-23-10-12-25-36(34)42(37)30-16-14-28-39(46-7)47-8/h9-14,17-28,38-39H,15-16,29-30H2,1-8H3/b21-17+,22-18+,27-13+,28-14+,32-20-,37-26+. The highest BCUT2D eigenvalue weighted by molar-refractivity contribution is 5.99. The zero-order chi connectivity index (χ0) is 34.2. The summed E-state index contributed by atoms with van der Waals surface area (Å²) in [6, 6.07) is 16.8. The molecule has 0 saturated carbocycles. The summed E-state index contributed by atoms with van der Waals surface area (Å²) in [6.45, 7) is 10.2. The number of para-hydroxylation sites is 2. The van der Waals surface area contributed by atoms with Crippen LogP contribution in [0.3, 0.4) is 0 Å². The van der Waals surface area contributed by atoms with Crippen LogP contribution in [0.25, 0.3) is 0 Å². The first kappa shape index (κ1) is 37.4. The Morgan fingerprint density at radius 1 is 0.851 bits per heavy atom. The van der Waals surface area contributed by atoms with Gasteiger partial charge in [0.1, 0.15) is 0 Å². The Morgan fingerprint density at radius 2 is 1.45 bits per heavy atom. The van der Waals surface area contributed by atoms with Gasteiger partial charge in [0.25, 0.3) is 0 Å². The van der Waals surface area contributed by atoms with E-state index in [4.69, 9.17) is 18.9 Å². The summed E-state index contributed by atoms with van der Waals surface area (Å²) < 4.78 is 21.1. The average molecular weight is 641 g/mol. The van der Waals surface area contributed by atoms with Gasteiger partial charge in [-0.3, -0.25) is 4.79 Å². The molecule has 0 spiro atoms. The van der Waals surface area contributed by atoms with Crippen molar-refractivity contribution in [3.63, 3.8) is 0 Å². The third-order valence-electron chi connectivity index (χ3n) is 8.30. The number of hydrogen-bond acceptors (Lipinski definition) is 7. The molecule has 0 saturated heterocycles. The van der Waals surface area contributed by atoms with Gasteiger partial charge in [-0.25, -0.2) is 0 Å². The highest BCUT2D eigenvalue weighted by atomic mass is 16.7. The van der Waals surface area contributed by atoms with E-state index >= 15 is 0 Å². The van der Waals surface area contributed by atoms with Crippen LogP contribution < -0.4 is 9.80 Å². The van der Waals surface area contributed by atoms with Crippen molar-refractivity contribution in [2.45, 2.75) is 58.5 Å². The van der Waals surface area contributed by atoms with E-state index in [0.29, 0.717) is 0 Å². The van der Waals surface area contributed by atoms with Crippen LogP contribution in [0.15, 0.2) is 121 Å². The van der Waals surface area contributed by atoms with Crippen LogP contribution in [0.1, 0.15) is 44.7 Å². The molecule has 252 valence electrons. The van der Waals surface area contributed by atoms with Gasteiger partial charge in [0.05, 0.1) is 0 Å². The van der Waals surface area contributed by atoms with Crippen molar-refractivity contribution in [2.75, 3.05) is 51.3 Å². The maximum Gasteiger partial charge on any atom is 0.178 e. The lowest BCUT2D eigenvalue weighted by Crippen LogP contribution is -2.26. The fraction of sp³-hybridized carbons (Fsp3) is 0.375. The molecule has 3 rings (SSSR count). The summed E-state index contributed by atoms with van der Waals surface area (Å²) in [5.41, 5.74) is 6.77. The Hall–Kier alpha value is -4.01. The number of benzene rings is 2. The fourth-order valence-electron chi connectivity index (χ4n) is 5.73. The molecule has 7 heteroatoms. The van der Waals surface area contributed by atoms with E-state index in [0.717, 1.165) is 43.0 Å². The molecule has 0 radical (unpaired) electrons. The number of aryl methyl sites for hydroxylation is 1. The molecule has 1 heterocycles. The molecule has 7 nitrogen and oxygen atoms in total. The number of nitrogens with zero attached hydrogens (tertiary/aromatic N) is 2. The first-order valence-electron chi connectivity index (χ1n) is 16.1. The summed E-state index contributed by atoms with van der Waals surface area (Å²) in [4.78, 5) is 17.5. The molecule has 1 aliphatic rings. The number of fused-ring (bicyclic) bond motifs is 1. The van der Waals surface area contributed by atoms with Crippen LogP contribution in [0.4, 0.5) is 11.4 Å². The summed E-state index contributed by atoms with van der Waals surface area (Å²) in [5, 5.41) is 0. The Labute approximate surface area is 282 Å². The lowest BCUT2D eigenvalue weighted by atomic mass is 9.84. The van der Waals surface area contributed by atoms with Crippen LogP contribution in [0.2, 0.25) is 0 Å². The molecule has 0 atom stereocenters. The van der Waals surface area contributed by atoms with E-state index < -0.39 is 0 Å². The fourth-order valence-corrected chi connectivity index (χ4v) is 5.73. The topological polar surface area (TPSA) is 60.5 Å². The van der Waals surface area contributed by atoms with Gasteiger partial charge in [0.2, 0.25) is 0 Å². The number of hydrogen-bond donors (Lipinski definition) is 0. The van der Waals surface area contributed by atoms with Gasteiger partial charge >= 0.3 is 0 Å². The number of anilines is 2. The van der Waals surface area contributed by atoms with Gasteiger partial charge in [-0.2, -0.15) is 0 Å². The molecule has 2 aromatic carbocycles. The summed E-state index contributed by atoms with van der Waals surface area (Å²) in [5.74, 6) is -0.0746. The first-order chi connectivity index (χ1) is 22.7. The minimum Gasteiger partial charge on any atom is -0.352 e. The number of allylic oxidation sites excluding steroid dienone is 8. The monoisotopic (exact) mass is 640 g/mol. The van der Waals surface area contributed by atoms with Gasteiger partial charge in [-0.1, -0.05) is 74.5 Å². The van der Waals surface area contributed by atoms with Crippen molar-refractivity contribution in [1.82, 2.24) is 0 Å². The molecule has 0 aliphatic carbocycles. The minimum absolute atomic E-state index is 0.0746. The minimum atomic E-state index is -0.359. The molecule has 0 bridgehead atoms. The highest BCUT2D eigenvalue weighted by Crippen LogP contribution is 2.47. The van der Waals surface area contributed by atoms with Crippen molar-refractivity contribution < 1.29 is 23.7 Å². The van der Waals surface area contributed by atoms with Crippen molar-refractivity contribution in [3.05, 3.63) is 132 Å². The van der Waals surface area contributed by atoms with Crippen LogP contribution in [-0.2, 0) is 29.2 Å². The van der Waals surface area contributed by atoms with Crippen molar-refractivity contribution in [1.29, 1.82) is 0 Å². The van der Waals surface area contributed by atoms with E-state index in [-0.39, 0.29) is 23.8 Å². The number of rotatable bonds is 18. The second-order valence-electron chi connectivity index (χ2n) is 11.8. The van der Waals surface area contributed by atoms with Gasteiger partial charge < -0.3 is 28.7 Å². The number of carbonyl (C=O) groups excluding carboxylic acids is 1. The Kier molecular flexibility index (Phi) is 15.1. The Morgan fingerprint density at radius 3 is 2.11 bits per heavy atom. The zero-order valence-electron chi connectivity index (χ0n) is 29.3. The molecule has 0 N–H and O–H groups in total. The molecule has 0 aromatic heterocycles. The Balaban J connectivity index is 1.74. The van der Waals surface area contributed by atoms with Gasteiger partial charge in [-0.05, 0) is 86.4 Å². The lowest BCUT2D eigenvalue weighted by Gasteiger charge is -2.27. The molecule has 0 amide bonds. The van der Waals surface area contributed by atoms with Crippen LogP contribution >= 0.6 is 0 Å². The van der Waals surface area contributed by atoms with Crippen molar-refractivity contribution in [2.24, 2.45) is 0 Å².